The maximum atomic E-state index is 10.7. The summed E-state index contributed by atoms with van der Waals surface area (Å²) in [6, 6.07) is 0. The molecule has 0 atom stereocenters. The van der Waals surface area contributed by atoms with Crippen LogP contribution in [-0.4, -0.2) is 15.2 Å². The van der Waals surface area contributed by atoms with E-state index in [1.54, 1.807) is 0 Å². The maximum absolute atomic E-state index is 10.7. The Morgan fingerprint density at radius 2 is 1.83 bits per heavy atom. The molecule has 2 fully saturated rings. The molecule has 2 aliphatic heterocycles. The van der Waals surface area contributed by atoms with E-state index < -0.39 is 6.98 Å². The maximum Gasteiger partial charge on any atom is 0.211 e. The van der Waals surface area contributed by atoms with Gasteiger partial charge in [-0.3, -0.25) is 4.21 Å². The van der Waals surface area contributed by atoms with Gasteiger partial charge in [0.2, 0.25) is 7.12 Å². The molecule has 2 rings (SSSR count). The molecule has 0 aromatic carbocycles. The summed E-state index contributed by atoms with van der Waals surface area (Å²) < 4.78 is 11.0. The van der Waals surface area contributed by atoms with Crippen LogP contribution in [-0.2, 0) is 6.98 Å². The van der Waals surface area contributed by atoms with Crippen LogP contribution in [0.25, 0.3) is 0 Å². The lowest BCUT2D eigenvalue weighted by molar-refractivity contribution is 0.693. The first-order chi connectivity index (χ1) is 2.60. The Morgan fingerprint density at radius 3 is 1.83 bits per heavy atom. The Bertz CT molecular complexity index is 164. The van der Waals surface area contributed by atoms with Crippen LogP contribution >= 0.6 is 21.6 Å². The molecule has 2 radical (unpaired) electrons. The number of hydrogen-bond acceptors (Lipinski definition) is 3. The van der Waals surface area contributed by atoms with Crippen molar-refractivity contribution in [1.82, 2.24) is 0 Å². The van der Waals surface area contributed by atoms with Crippen molar-refractivity contribution in [2.45, 2.75) is 3.91 Å². The summed E-state index contributed by atoms with van der Waals surface area (Å²) in [6.45, 7) is -2.35. The van der Waals surface area contributed by atoms with Crippen LogP contribution in [0.2, 0.25) is 0 Å². The highest BCUT2D eigenvalue weighted by atomic mass is 33.7. The van der Waals surface area contributed by atoms with Gasteiger partial charge in [-0.05, 0) is 6.98 Å². The molecule has 0 aromatic heterocycles. The third-order valence-corrected chi connectivity index (χ3v) is 11.5. The fourth-order valence-electron chi connectivity index (χ4n) is 0.272. The summed E-state index contributed by atoms with van der Waals surface area (Å²) in [6.07, 6.45) is 0. The van der Waals surface area contributed by atoms with E-state index in [2.05, 4.69) is 0 Å². The summed E-state index contributed by atoms with van der Waals surface area (Å²) in [5.41, 5.74) is 0. The summed E-state index contributed by atoms with van der Waals surface area (Å²) >= 11 is 0. The van der Waals surface area contributed by atoms with Gasteiger partial charge in [-0.2, -0.15) is 0 Å². The van der Waals surface area contributed by atoms with Gasteiger partial charge >= 0.3 is 0 Å². The SMILES string of the molecule is [B]S12(=O)SC1S2. The highest BCUT2D eigenvalue weighted by molar-refractivity contribution is 9.49. The van der Waals surface area contributed by atoms with E-state index in [0.29, 0.717) is 3.91 Å². The molecular weight excluding hydrogens is 135 g/mol. The minimum Gasteiger partial charge on any atom is -0.272 e. The van der Waals surface area contributed by atoms with Crippen LogP contribution in [0.15, 0.2) is 0 Å². The molecule has 0 saturated carbocycles. The molecule has 2 saturated heterocycles. The fourth-order valence-corrected chi connectivity index (χ4v) is 9.07. The number of fused-ring (bicyclic) bond motifs is 1. The average Bonchev–Trinajstić information content (AvgIpc) is 1.77. The van der Waals surface area contributed by atoms with Gasteiger partial charge in [0.1, 0.15) is 3.91 Å². The molecule has 6 heavy (non-hydrogen) atoms. The van der Waals surface area contributed by atoms with Crippen molar-refractivity contribution in [2.75, 3.05) is 0 Å². The smallest absolute Gasteiger partial charge is 0.211 e. The zero-order valence-electron chi connectivity index (χ0n) is 2.79. The Kier molecular flexibility index (Phi) is 0.363. The summed E-state index contributed by atoms with van der Waals surface area (Å²) in [4.78, 5) is 0. The molecule has 0 aromatic rings. The Hall–Kier alpha value is 0.915. The lowest BCUT2D eigenvalue weighted by Gasteiger charge is -1.90. The first-order valence-electron chi connectivity index (χ1n) is 1.44. The Morgan fingerprint density at radius 1 is 1.67 bits per heavy atom. The normalized spacial score (nSPS) is 60.0. The highest BCUT2D eigenvalue weighted by Gasteiger charge is 2.76. The van der Waals surface area contributed by atoms with E-state index in [9.17, 15) is 4.21 Å². The standard InChI is InChI=1S/CHBOS3/c2-6(3)1(4-6)5-6/h1H. The molecule has 0 aliphatic carbocycles. The number of rotatable bonds is 0. The first-order valence-corrected chi connectivity index (χ1v) is 6.33. The second-order valence-electron chi connectivity index (χ2n) is 1.40. The van der Waals surface area contributed by atoms with Crippen LogP contribution in [0.5, 0.6) is 0 Å². The van der Waals surface area contributed by atoms with Crippen molar-refractivity contribution in [3.63, 3.8) is 0 Å². The van der Waals surface area contributed by atoms with Gasteiger partial charge in [-0.15, -0.1) is 0 Å². The fraction of sp³-hybridized carbons (Fsp3) is 1.00. The monoisotopic (exact) mass is 136 g/mol. The molecule has 2 aliphatic rings. The van der Waals surface area contributed by atoms with Crippen molar-refractivity contribution in [3.8, 4) is 0 Å². The van der Waals surface area contributed by atoms with Crippen LogP contribution < -0.4 is 0 Å². The summed E-state index contributed by atoms with van der Waals surface area (Å²) in [5.74, 6) is 0. The van der Waals surface area contributed by atoms with E-state index in [0.717, 1.165) is 0 Å². The lowest BCUT2D eigenvalue weighted by Crippen LogP contribution is -1.85. The van der Waals surface area contributed by atoms with Gasteiger partial charge in [0, 0.05) is 0 Å². The molecule has 5 heteroatoms. The zero-order chi connectivity index (χ0) is 4.44. The van der Waals surface area contributed by atoms with Crippen LogP contribution in [0.3, 0.4) is 0 Å². The van der Waals surface area contributed by atoms with Crippen LogP contribution in [0, 0.1) is 0 Å². The lowest BCUT2D eigenvalue weighted by atomic mass is 10.8. The van der Waals surface area contributed by atoms with Gasteiger partial charge in [-0.1, -0.05) is 21.6 Å². The van der Waals surface area contributed by atoms with Gasteiger partial charge < -0.3 is 0 Å². The highest BCUT2D eigenvalue weighted by Crippen LogP contribution is 2.92. The number of hydrogen-bond donors (Lipinski definition) is 0. The van der Waals surface area contributed by atoms with Gasteiger partial charge in [0.05, 0.1) is 0 Å². The predicted octanol–water partition coefficient (Wildman–Crippen LogP) is 0.497. The molecule has 0 unspecified atom stereocenters. The van der Waals surface area contributed by atoms with Gasteiger partial charge in [-0.25, -0.2) is 0 Å². The topological polar surface area (TPSA) is 17.1 Å². The summed E-state index contributed by atoms with van der Waals surface area (Å²) in [7, 11) is 8.10. The average molecular weight is 136 g/mol. The van der Waals surface area contributed by atoms with E-state index in [1.807, 2.05) is 0 Å². The second-order valence-corrected chi connectivity index (χ2v) is 11.8. The van der Waals surface area contributed by atoms with Crippen LogP contribution in [0.1, 0.15) is 0 Å². The van der Waals surface area contributed by atoms with Gasteiger partial charge in [0.25, 0.3) is 0 Å². The summed E-state index contributed by atoms with van der Waals surface area (Å²) in [5, 5.41) is 0. The quantitative estimate of drug-likeness (QED) is 0.274. The molecule has 1 nitrogen and oxygen atoms in total. The molecule has 0 amide bonds. The minimum atomic E-state index is -2.35. The van der Waals surface area contributed by atoms with E-state index in [4.69, 9.17) is 7.12 Å². The largest absolute Gasteiger partial charge is 0.272 e. The Balaban J connectivity index is 2.71. The van der Waals surface area contributed by atoms with Crippen molar-refractivity contribution >= 4 is 35.7 Å². The predicted molar refractivity (Wildman–Crippen MR) is 32.9 cm³/mol. The molecule has 0 N–H and O–H groups in total. The van der Waals surface area contributed by atoms with Crippen molar-refractivity contribution in [3.05, 3.63) is 0 Å². The zero-order valence-corrected chi connectivity index (χ0v) is 5.24. The third-order valence-electron chi connectivity index (χ3n) is 0.808. The van der Waals surface area contributed by atoms with Crippen molar-refractivity contribution in [1.29, 1.82) is 0 Å². The first kappa shape index (κ1) is 3.86. The molecular formula is CHBOS3. The van der Waals surface area contributed by atoms with Gasteiger partial charge in [0.15, 0.2) is 0 Å². The van der Waals surface area contributed by atoms with Crippen LogP contribution in [0.4, 0.5) is 0 Å². The van der Waals surface area contributed by atoms with Crippen molar-refractivity contribution in [2.24, 2.45) is 0 Å². The third kappa shape index (κ3) is 0.263. The van der Waals surface area contributed by atoms with E-state index in [1.165, 1.54) is 21.6 Å². The Labute approximate surface area is 44.1 Å². The molecule has 0 bridgehead atoms. The molecule has 32 valence electrons. The van der Waals surface area contributed by atoms with E-state index in [-0.39, 0.29) is 0 Å². The second kappa shape index (κ2) is 0.564. The minimum absolute atomic E-state index is 0.307. The van der Waals surface area contributed by atoms with E-state index >= 15 is 0 Å². The molecule has 0 spiro atoms. The molecule has 2 heterocycles. The van der Waals surface area contributed by atoms with Crippen molar-refractivity contribution < 1.29 is 4.21 Å².